The van der Waals surface area contributed by atoms with E-state index in [9.17, 15) is 26.7 Å². The van der Waals surface area contributed by atoms with Crippen LogP contribution in [-0.2, 0) is 0 Å². The molecule has 4 rings (SSSR count). The summed E-state index contributed by atoms with van der Waals surface area (Å²) in [7, 11) is 0. The van der Waals surface area contributed by atoms with Gasteiger partial charge in [-0.2, -0.15) is 26.9 Å². The lowest BCUT2D eigenvalue weighted by atomic mass is 10.2. The number of nitrogens with two attached hydrogens (primary N) is 1. The molecule has 2 aromatic heterocycles. The van der Waals surface area contributed by atoms with E-state index in [1.54, 1.807) is 29.3 Å². The minimum Gasteiger partial charge on any atom is -0.433 e. The van der Waals surface area contributed by atoms with E-state index in [0.29, 0.717) is 40.7 Å². The lowest BCUT2D eigenvalue weighted by Gasteiger charge is -2.36. The number of piperazine rings is 1. The Bertz CT molecular complexity index is 1280. The number of hydrogen-bond donors (Lipinski definition) is 3. The summed E-state index contributed by atoms with van der Waals surface area (Å²) in [6.45, 7) is -1.41. The number of nitrogens with one attached hydrogen (secondary N) is 2. The number of aryl methyl sites for hydroxylation is 1. The lowest BCUT2D eigenvalue weighted by molar-refractivity contribution is -0.146. The van der Waals surface area contributed by atoms with Crippen LogP contribution in [0, 0.1) is 6.92 Å². The number of hydrogen-bond acceptors (Lipinski definition) is 9. The predicted octanol–water partition coefficient (Wildman–Crippen LogP) is 4.72. The average Bonchev–Trinajstić information content (AvgIpc) is 3.30. The van der Waals surface area contributed by atoms with Crippen molar-refractivity contribution in [1.29, 1.82) is 0 Å². The van der Waals surface area contributed by atoms with E-state index < -0.39 is 25.2 Å². The van der Waals surface area contributed by atoms with Gasteiger partial charge in [-0.05, 0) is 30.5 Å². The van der Waals surface area contributed by atoms with Crippen molar-refractivity contribution in [3.05, 3.63) is 46.3 Å². The highest BCUT2D eigenvalue weighted by Gasteiger charge is 2.32. The van der Waals surface area contributed by atoms with Crippen molar-refractivity contribution in [2.24, 2.45) is 5.73 Å². The maximum Gasteiger partial charge on any atom is 0.401 e. The number of benzene rings is 1. The molecule has 3 aromatic rings. The van der Waals surface area contributed by atoms with E-state index in [0.717, 1.165) is 0 Å². The van der Waals surface area contributed by atoms with Crippen LogP contribution in [0.5, 0.6) is 5.75 Å². The number of aromatic nitrogens is 2. The van der Waals surface area contributed by atoms with Gasteiger partial charge in [0.25, 0.3) is 5.91 Å². The topological polar surface area (TPSA) is 109 Å². The second-order valence-corrected chi connectivity index (χ2v) is 9.36. The van der Waals surface area contributed by atoms with E-state index in [2.05, 4.69) is 20.6 Å². The fraction of sp³-hybridized carbons (Fsp3) is 0.348. The third-order valence-corrected chi connectivity index (χ3v) is 6.61. The van der Waals surface area contributed by atoms with Gasteiger partial charge in [-0.1, -0.05) is 0 Å². The normalized spacial score (nSPS) is 14.6. The maximum atomic E-state index is 13.2. The van der Waals surface area contributed by atoms with Gasteiger partial charge in [0, 0.05) is 49.7 Å². The summed E-state index contributed by atoms with van der Waals surface area (Å²) in [4.78, 5) is 23.6. The predicted molar refractivity (Wildman–Crippen MR) is 134 cm³/mol. The number of anilines is 5. The van der Waals surface area contributed by atoms with E-state index >= 15 is 0 Å². The molecular formula is C23H24F5N7O2S. The summed E-state index contributed by atoms with van der Waals surface area (Å²) >= 11 is 1.17. The minimum absolute atomic E-state index is 0.0709. The Morgan fingerprint density at radius 3 is 2.55 bits per heavy atom. The molecule has 1 saturated heterocycles. The number of amides is 1. The standard InChI is InChI=1S/C23H24F5N7O2S/c1-13-11-30-22(33-20(13)31-16-4-9-38-18(16)19(29)36)32-15-3-2-14(10-17(15)37-21(24)25)35-7-5-34(6-8-35)12-23(26,27)28/h2-4,9-11,21H,5-8,12H2,1H3,(H2,29,36)(H2,30,31,32,33). The first-order valence-electron chi connectivity index (χ1n) is 11.4. The first-order chi connectivity index (χ1) is 18.0. The Balaban J connectivity index is 1.52. The van der Waals surface area contributed by atoms with Gasteiger partial charge >= 0.3 is 12.8 Å². The monoisotopic (exact) mass is 557 g/mol. The summed E-state index contributed by atoms with van der Waals surface area (Å²) in [5, 5.41) is 7.59. The van der Waals surface area contributed by atoms with Crippen molar-refractivity contribution >= 4 is 46.1 Å². The number of rotatable bonds is 9. The Morgan fingerprint density at radius 2 is 1.89 bits per heavy atom. The number of carbonyl (C=O) groups excluding carboxylic acids is 1. The largest absolute Gasteiger partial charge is 0.433 e. The zero-order chi connectivity index (χ0) is 27.4. The van der Waals surface area contributed by atoms with Crippen molar-refractivity contribution < 1.29 is 31.5 Å². The second kappa shape index (κ2) is 11.3. The highest BCUT2D eigenvalue weighted by atomic mass is 32.1. The molecule has 0 unspecified atom stereocenters. The summed E-state index contributed by atoms with van der Waals surface area (Å²) in [6.07, 6.45) is -2.77. The molecule has 1 fully saturated rings. The van der Waals surface area contributed by atoms with Gasteiger partial charge in [-0.3, -0.25) is 9.69 Å². The maximum absolute atomic E-state index is 13.2. The van der Waals surface area contributed by atoms with E-state index in [1.165, 1.54) is 34.6 Å². The van der Waals surface area contributed by atoms with Gasteiger partial charge in [0.05, 0.1) is 17.9 Å². The molecule has 38 heavy (non-hydrogen) atoms. The van der Waals surface area contributed by atoms with Crippen LogP contribution in [0.2, 0.25) is 0 Å². The van der Waals surface area contributed by atoms with Gasteiger partial charge in [-0.15, -0.1) is 11.3 Å². The molecule has 0 radical (unpaired) electrons. The average molecular weight is 558 g/mol. The highest BCUT2D eigenvalue weighted by Crippen LogP contribution is 2.34. The molecule has 1 amide bonds. The van der Waals surface area contributed by atoms with Crippen molar-refractivity contribution in [2.45, 2.75) is 19.7 Å². The van der Waals surface area contributed by atoms with Gasteiger partial charge in [0.15, 0.2) is 5.75 Å². The first-order valence-corrected chi connectivity index (χ1v) is 12.2. The van der Waals surface area contributed by atoms with Crippen molar-refractivity contribution in [3.8, 4) is 5.75 Å². The van der Waals surface area contributed by atoms with Gasteiger partial charge in [0.1, 0.15) is 10.7 Å². The zero-order valence-corrected chi connectivity index (χ0v) is 20.9. The van der Waals surface area contributed by atoms with Crippen LogP contribution in [0.3, 0.4) is 0 Å². The van der Waals surface area contributed by atoms with Crippen LogP contribution in [0.4, 0.5) is 50.8 Å². The van der Waals surface area contributed by atoms with Crippen molar-refractivity contribution in [2.75, 3.05) is 48.3 Å². The van der Waals surface area contributed by atoms with Crippen molar-refractivity contribution in [3.63, 3.8) is 0 Å². The fourth-order valence-corrected chi connectivity index (χ4v) is 4.60. The minimum atomic E-state index is -4.28. The molecule has 0 spiro atoms. The lowest BCUT2D eigenvalue weighted by Crippen LogP contribution is -2.49. The number of carbonyl (C=O) groups is 1. The molecule has 15 heteroatoms. The number of ether oxygens (including phenoxy) is 1. The van der Waals surface area contributed by atoms with Gasteiger partial charge < -0.3 is 26.0 Å². The van der Waals surface area contributed by atoms with E-state index in [-0.39, 0.29) is 30.5 Å². The molecule has 1 aromatic carbocycles. The molecule has 1 aliphatic rings. The van der Waals surface area contributed by atoms with Crippen LogP contribution in [0.15, 0.2) is 35.8 Å². The van der Waals surface area contributed by atoms with Gasteiger partial charge in [-0.25, -0.2) is 4.98 Å². The van der Waals surface area contributed by atoms with Crippen LogP contribution < -0.4 is 26.0 Å². The fourth-order valence-electron chi connectivity index (χ4n) is 3.90. The Labute approximate surface area is 218 Å². The highest BCUT2D eigenvalue weighted by molar-refractivity contribution is 7.12. The molecule has 1 aliphatic heterocycles. The number of primary amides is 1. The Morgan fingerprint density at radius 1 is 1.16 bits per heavy atom. The van der Waals surface area contributed by atoms with Crippen LogP contribution >= 0.6 is 11.3 Å². The van der Waals surface area contributed by atoms with Crippen LogP contribution in [-0.4, -0.2) is 66.3 Å². The van der Waals surface area contributed by atoms with Crippen LogP contribution in [0.1, 0.15) is 15.2 Å². The quantitative estimate of drug-likeness (QED) is 0.325. The molecule has 204 valence electrons. The summed E-state index contributed by atoms with van der Waals surface area (Å²) < 4.78 is 69.1. The van der Waals surface area contributed by atoms with E-state index in [1.807, 2.05) is 0 Å². The van der Waals surface area contributed by atoms with Gasteiger partial charge in [0.2, 0.25) is 5.95 Å². The summed E-state index contributed by atoms with van der Waals surface area (Å²) in [5.41, 5.74) is 7.21. The smallest absolute Gasteiger partial charge is 0.401 e. The summed E-state index contributed by atoms with van der Waals surface area (Å²) in [6, 6.07) is 6.23. The SMILES string of the molecule is Cc1cnc(Nc2ccc(N3CCN(CC(F)(F)F)CC3)cc2OC(F)F)nc1Nc1ccsc1C(N)=O. The number of thiophene rings is 1. The Hall–Kier alpha value is -3.72. The number of halogens is 5. The zero-order valence-electron chi connectivity index (χ0n) is 20.1. The molecule has 3 heterocycles. The molecule has 0 saturated carbocycles. The molecule has 0 aliphatic carbocycles. The molecule has 0 bridgehead atoms. The third-order valence-electron chi connectivity index (χ3n) is 5.68. The van der Waals surface area contributed by atoms with Crippen LogP contribution in [0.25, 0.3) is 0 Å². The first kappa shape index (κ1) is 27.3. The summed E-state index contributed by atoms with van der Waals surface area (Å²) in [5.74, 6) is -0.333. The Kier molecular flexibility index (Phi) is 8.16. The molecule has 4 N–H and O–H groups in total. The molecule has 0 atom stereocenters. The van der Waals surface area contributed by atoms with Crippen molar-refractivity contribution in [1.82, 2.24) is 14.9 Å². The molecular weight excluding hydrogens is 533 g/mol. The second-order valence-electron chi connectivity index (χ2n) is 8.44. The third kappa shape index (κ3) is 6.98. The number of alkyl halides is 5. The molecule has 9 nitrogen and oxygen atoms in total. The van der Waals surface area contributed by atoms with E-state index in [4.69, 9.17) is 10.5 Å². The number of nitrogens with zero attached hydrogens (tertiary/aromatic N) is 4.